The number of nitrogens with zero attached hydrogens (tertiary/aromatic N) is 2. The van der Waals surface area contributed by atoms with Crippen LogP contribution in [-0.4, -0.2) is 30.3 Å². The summed E-state index contributed by atoms with van der Waals surface area (Å²) in [5.74, 6) is 0.458. The lowest BCUT2D eigenvalue weighted by Crippen LogP contribution is -2.64. The van der Waals surface area contributed by atoms with Gasteiger partial charge in [0.05, 0.1) is 12.2 Å². The molecule has 1 aliphatic rings. The molecule has 168 valence electrons. The summed E-state index contributed by atoms with van der Waals surface area (Å²) in [5, 5.41) is 3.37. The van der Waals surface area contributed by atoms with Crippen LogP contribution in [0.5, 0.6) is 0 Å². The fourth-order valence-electron chi connectivity index (χ4n) is 3.96. The second-order valence-corrected chi connectivity index (χ2v) is 7.92. The van der Waals surface area contributed by atoms with Gasteiger partial charge < -0.3 is 10.1 Å². The summed E-state index contributed by atoms with van der Waals surface area (Å²) in [6, 6.07) is 29.5. The van der Waals surface area contributed by atoms with E-state index in [-0.39, 0.29) is 5.91 Å². The molecule has 1 fully saturated rings. The number of amides is 1. The molecule has 1 unspecified atom stereocenters. The zero-order chi connectivity index (χ0) is 23.1. The molecule has 3 aromatic carbocycles. The molecule has 0 radical (unpaired) electrons. The number of carbonyl (C=O) groups excluding carboxylic acids is 1. The summed E-state index contributed by atoms with van der Waals surface area (Å²) in [4.78, 5) is 20.8. The molecule has 1 N–H and O–H groups in total. The number of rotatable bonds is 7. The minimum absolute atomic E-state index is 0.183. The fourth-order valence-corrected chi connectivity index (χ4v) is 3.96. The number of hydrogen-bond donors (Lipinski definition) is 1. The van der Waals surface area contributed by atoms with Crippen molar-refractivity contribution in [1.82, 2.24) is 10.2 Å². The van der Waals surface area contributed by atoms with E-state index in [0.717, 1.165) is 28.8 Å². The summed E-state index contributed by atoms with van der Waals surface area (Å²) < 4.78 is 5.94. The Balaban J connectivity index is 1.88. The zero-order valence-electron chi connectivity index (χ0n) is 19.1. The third-order valence-electron chi connectivity index (χ3n) is 5.64. The van der Waals surface area contributed by atoms with Gasteiger partial charge in [0.25, 0.3) is 5.91 Å². The van der Waals surface area contributed by atoms with Crippen LogP contribution in [0.3, 0.4) is 0 Å². The van der Waals surface area contributed by atoms with E-state index >= 15 is 0 Å². The zero-order valence-corrected chi connectivity index (χ0v) is 19.1. The number of ether oxygens (including phenoxy) is 1. The van der Waals surface area contributed by atoms with E-state index in [2.05, 4.69) is 12.2 Å². The van der Waals surface area contributed by atoms with Crippen molar-refractivity contribution in [2.75, 3.05) is 13.7 Å². The maximum atomic E-state index is 14.1. The lowest BCUT2D eigenvalue weighted by atomic mass is 9.96. The third-order valence-corrected chi connectivity index (χ3v) is 5.64. The highest BCUT2D eigenvalue weighted by atomic mass is 16.5. The molecule has 1 amide bonds. The fraction of sp³-hybridized carbons (Fsp3) is 0.214. The first kappa shape index (κ1) is 22.5. The number of methoxy groups -OCH3 is 1. The maximum Gasteiger partial charge on any atom is 0.285 e. The topological polar surface area (TPSA) is 53.9 Å². The number of aliphatic imine (C=N–C) groups is 1. The van der Waals surface area contributed by atoms with Gasteiger partial charge in [0.15, 0.2) is 0 Å². The standard InChI is InChI=1S/C28H29N3O2/c1-3-19-29-26-25(20-22-13-7-4-8-14-22)31(21-23-15-9-5-10-16-23)27(32)28(30-26,33-2)24-17-11-6-12-18-24/h4-18,20H,3,19,21H2,1-2H3,(H,29,30)/b25-20-. The second-order valence-electron chi connectivity index (χ2n) is 7.92. The van der Waals surface area contributed by atoms with Gasteiger partial charge in [-0.1, -0.05) is 97.9 Å². The number of benzene rings is 3. The normalized spacial score (nSPS) is 20.8. The van der Waals surface area contributed by atoms with Crippen LogP contribution in [-0.2, 0) is 21.8 Å². The Kier molecular flexibility index (Phi) is 7.01. The number of carbonyl (C=O) groups is 1. The van der Waals surface area contributed by atoms with Crippen LogP contribution < -0.4 is 5.32 Å². The highest BCUT2D eigenvalue weighted by molar-refractivity contribution is 6.11. The molecule has 1 aliphatic heterocycles. The van der Waals surface area contributed by atoms with Crippen LogP contribution in [0.4, 0.5) is 0 Å². The molecule has 4 rings (SSSR count). The Morgan fingerprint density at radius 2 is 1.55 bits per heavy atom. The van der Waals surface area contributed by atoms with E-state index in [9.17, 15) is 4.79 Å². The van der Waals surface area contributed by atoms with E-state index in [1.807, 2.05) is 97.1 Å². The molecule has 0 aromatic heterocycles. The Morgan fingerprint density at radius 3 is 2.15 bits per heavy atom. The summed E-state index contributed by atoms with van der Waals surface area (Å²) in [5.41, 5.74) is 2.12. The van der Waals surface area contributed by atoms with Gasteiger partial charge in [0.1, 0.15) is 5.84 Å². The summed E-state index contributed by atoms with van der Waals surface area (Å²) >= 11 is 0. The molecule has 1 saturated heterocycles. The first-order valence-electron chi connectivity index (χ1n) is 11.2. The van der Waals surface area contributed by atoms with Crippen molar-refractivity contribution in [2.24, 2.45) is 4.99 Å². The van der Waals surface area contributed by atoms with Gasteiger partial charge >= 0.3 is 0 Å². The van der Waals surface area contributed by atoms with Crippen molar-refractivity contribution in [2.45, 2.75) is 25.6 Å². The van der Waals surface area contributed by atoms with Gasteiger partial charge in [-0.25, -0.2) is 0 Å². The molecular formula is C28H29N3O2. The first-order valence-corrected chi connectivity index (χ1v) is 11.2. The van der Waals surface area contributed by atoms with Crippen LogP contribution in [0, 0.1) is 0 Å². The highest BCUT2D eigenvalue weighted by Crippen LogP contribution is 2.33. The largest absolute Gasteiger partial charge is 0.347 e. The summed E-state index contributed by atoms with van der Waals surface area (Å²) in [6.45, 7) is 3.13. The SMILES string of the molecule is CCCN=C1NC(OC)(c2ccccc2)C(=O)N(Cc2ccccc2)/C1=C\c1ccccc1. The number of amidine groups is 1. The van der Waals surface area contributed by atoms with Crippen molar-refractivity contribution in [3.8, 4) is 0 Å². The minimum Gasteiger partial charge on any atom is -0.347 e. The van der Waals surface area contributed by atoms with Crippen molar-refractivity contribution in [1.29, 1.82) is 0 Å². The van der Waals surface area contributed by atoms with Crippen LogP contribution >= 0.6 is 0 Å². The summed E-state index contributed by atoms with van der Waals surface area (Å²) in [6.07, 6.45) is 2.90. The molecule has 33 heavy (non-hydrogen) atoms. The van der Waals surface area contributed by atoms with E-state index < -0.39 is 5.72 Å². The molecular weight excluding hydrogens is 410 g/mol. The quantitative estimate of drug-likeness (QED) is 0.566. The van der Waals surface area contributed by atoms with Gasteiger partial charge in [-0.2, -0.15) is 0 Å². The Hall–Kier alpha value is -3.70. The molecule has 3 aromatic rings. The Bertz CT molecular complexity index is 1130. The molecule has 1 heterocycles. The predicted molar refractivity (Wildman–Crippen MR) is 132 cm³/mol. The van der Waals surface area contributed by atoms with Crippen molar-refractivity contribution < 1.29 is 9.53 Å². The monoisotopic (exact) mass is 439 g/mol. The average Bonchev–Trinajstić information content (AvgIpc) is 2.88. The maximum absolute atomic E-state index is 14.1. The number of piperazine rings is 1. The van der Waals surface area contributed by atoms with E-state index in [1.165, 1.54) is 0 Å². The second kappa shape index (κ2) is 10.3. The predicted octanol–water partition coefficient (Wildman–Crippen LogP) is 4.97. The van der Waals surface area contributed by atoms with Crippen LogP contribution in [0.15, 0.2) is 102 Å². The molecule has 0 saturated carbocycles. The first-order chi connectivity index (χ1) is 16.2. The molecule has 0 spiro atoms. The Morgan fingerprint density at radius 1 is 0.939 bits per heavy atom. The number of nitrogens with one attached hydrogen (secondary N) is 1. The van der Waals surface area contributed by atoms with E-state index in [0.29, 0.717) is 18.9 Å². The van der Waals surface area contributed by atoms with Gasteiger partial charge in [-0.15, -0.1) is 0 Å². The van der Waals surface area contributed by atoms with Crippen molar-refractivity contribution in [3.63, 3.8) is 0 Å². The number of hydrogen-bond acceptors (Lipinski definition) is 3. The smallest absolute Gasteiger partial charge is 0.285 e. The lowest BCUT2D eigenvalue weighted by molar-refractivity contribution is -0.159. The van der Waals surface area contributed by atoms with Gasteiger partial charge in [-0.3, -0.25) is 14.7 Å². The van der Waals surface area contributed by atoms with Gasteiger partial charge in [0.2, 0.25) is 5.72 Å². The van der Waals surface area contributed by atoms with Crippen molar-refractivity contribution in [3.05, 3.63) is 113 Å². The molecule has 1 atom stereocenters. The average molecular weight is 440 g/mol. The minimum atomic E-state index is -1.36. The van der Waals surface area contributed by atoms with E-state index in [4.69, 9.17) is 9.73 Å². The van der Waals surface area contributed by atoms with Crippen LogP contribution in [0.2, 0.25) is 0 Å². The lowest BCUT2D eigenvalue weighted by Gasteiger charge is -2.44. The van der Waals surface area contributed by atoms with Gasteiger partial charge in [-0.05, 0) is 23.6 Å². The van der Waals surface area contributed by atoms with Gasteiger partial charge in [0, 0.05) is 19.2 Å². The van der Waals surface area contributed by atoms with Crippen LogP contribution in [0.1, 0.15) is 30.0 Å². The van der Waals surface area contributed by atoms with Crippen LogP contribution in [0.25, 0.3) is 6.08 Å². The molecule has 0 aliphatic carbocycles. The molecule has 0 bridgehead atoms. The molecule has 5 heteroatoms. The Labute approximate surface area is 195 Å². The third kappa shape index (κ3) is 4.73. The molecule has 5 nitrogen and oxygen atoms in total. The highest BCUT2D eigenvalue weighted by Gasteiger charge is 2.50. The summed E-state index contributed by atoms with van der Waals surface area (Å²) in [7, 11) is 1.56. The van der Waals surface area contributed by atoms with Crippen molar-refractivity contribution >= 4 is 17.8 Å². The van der Waals surface area contributed by atoms with E-state index in [1.54, 1.807) is 12.0 Å².